The van der Waals surface area contributed by atoms with Gasteiger partial charge in [0.1, 0.15) is 0 Å². The van der Waals surface area contributed by atoms with Crippen LogP contribution in [0.15, 0.2) is 53.7 Å². The molecule has 0 aliphatic rings. The van der Waals surface area contributed by atoms with Crippen LogP contribution in [-0.4, -0.2) is 37.2 Å². The Morgan fingerprint density at radius 2 is 0.911 bits per heavy atom. The van der Waals surface area contributed by atoms with Crippen LogP contribution in [0.25, 0.3) is 0 Å². The van der Waals surface area contributed by atoms with Crippen molar-refractivity contribution in [3.05, 3.63) is 48.6 Å². The molecule has 1 amide bonds. The van der Waals surface area contributed by atoms with Crippen molar-refractivity contribution in [3.63, 3.8) is 0 Å². The zero-order valence-electron chi connectivity index (χ0n) is 30.5. The van der Waals surface area contributed by atoms with Crippen LogP contribution in [0.4, 0.5) is 0 Å². The SMILES string of the molecule is CCCC/C=C\C/C=C\CCCCCCCCC(CCCCCCCC/C=C\C/C=C\CCCCC)=NNC(=O)CCN(C)C. The maximum Gasteiger partial charge on any atom is 0.241 e. The fourth-order valence-electron chi connectivity index (χ4n) is 5.20. The van der Waals surface area contributed by atoms with Crippen molar-refractivity contribution in [2.24, 2.45) is 5.10 Å². The second kappa shape index (κ2) is 36.5. The van der Waals surface area contributed by atoms with Crippen LogP contribution in [-0.2, 0) is 4.79 Å². The summed E-state index contributed by atoms with van der Waals surface area (Å²) in [5.41, 5.74) is 4.03. The van der Waals surface area contributed by atoms with Gasteiger partial charge in [-0.25, -0.2) is 5.43 Å². The molecule has 0 aromatic carbocycles. The number of carbonyl (C=O) groups is 1. The van der Waals surface area contributed by atoms with Crippen LogP contribution < -0.4 is 5.43 Å². The van der Waals surface area contributed by atoms with Gasteiger partial charge in [-0.2, -0.15) is 5.10 Å². The Morgan fingerprint density at radius 3 is 1.36 bits per heavy atom. The highest BCUT2D eigenvalue weighted by Gasteiger charge is 2.05. The molecule has 0 aliphatic carbocycles. The summed E-state index contributed by atoms with van der Waals surface area (Å²) >= 11 is 0. The average Bonchev–Trinajstić information content (AvgIpc) is 3.03. The molecule has 0 atom stereocenters. The first-order valence-electron chi connectivity index (χ1n) is 19.2. The van der Waals surface area contributed by atoms with Crippen LogP contribution in [0.5, 0.6) is 0 Å². The number of hydrazone groups is 1. The molecule has 4 nitrogen and oxygen atoms in total. The van der Waals surface area contributed by atoms with Crippen LogP contribution in [0.3, 0.4) is 0 Å². The van der Waals surface area contributed by atoms with E-state index < -0.39 is 0 Å². The topological polar surface area (TPSA) is 44.7 Å². The Bertz CT molecular complexity index is 778. The minimum Gasteiger partial charge on any atom is -0.309 e. The van der Waals surface area contributed by atoms with Gasteiger partial charge in [-0.15, -0.1) is 0 Å². The summed E-state index contributed by atoms with van der Waals surface area (Å²) in [5, 5.41) is 4.59. The van der Waals surface area contributed by atoms with Gasteiger partial charge in [0.15, 0.2) is 0 Å². The maximum atomic E-state index is 12.2. The number of amides is 1. The molecule has 0 saturated heterocycles. The van der Waals surface area contributed by atoms with Crippen molar-refractivity contribution in [1.82, 2.24) is 10.3 Å². The van der Waals surface area contributed by atoms with E-state index in [1.165, 1.54) is 141 Å². The fourth-order valence-corrected chi connectivity index (χ4v) is 5.20. The number of nitrogens with one attached hydrogen (secondary N) is 1. The highest BCUT2D eigenvalue weighted by Crippen LogP contribution is 2.14. The third-order valence-corrected chi connectivity index (χ3v) is 8.21. The van der Waals surface area contributed by atoms with Crippen molar-refractivity contribution >= 4 is 11.6 Å². The molecular weight excluding hydrogens is 550 g/mol. The van der Waals surface area contributed by atoms with E-state index in [0.717, 1.165) is 32.2 Å². The standard InChI is InChI=1S/C41H75N3O/c1-5-7-9-11-13-15-17-19-21-23-25-27-29-31-33-35-37-40(42-43-41(45)38-39-44(3)4)36-34-32-30-28-26-24-22-20-18-16-14-12-10-8-6-2/h12-15,18-21H,5-11,16-17,22-39H2,1-4H3,(H,43,45)/b14-12-,15-13-,20-18-,21-19-,42-40?. The highest BCUT2D eigenvalue weighted by molar-refractivity contribution is 5.86. The van der Waals surface area contributed by atoms with Gasteiger partial charge < -0.3 is 4.90 Å². The summed E-state index contributed by atoms with van der Waals surface area (Å²) in [5.74, 6) is 0.0276. The first-order valence-corrected chi connectivity index (χ1v) is 19.2. The Balaban J connectivity index is 4.07. The minimum atomic E-state index is 0.0276. The monoisotopic (exact) mass is 626 g/mol. The molecule has 260 valence electrons. The number of unbranched alkanes of at least 4 members (excludes halogenated alkanes) is 17. The number of rotatable bonds is 33. The van der Waals surface area contributed by atoms with E-state index in [0.29, 0.717) is 6.42 Å². The maximum absolute atomic E-state index is 12.2. The largest absolute Gasteiger partial charge is 0.309 e. The second-order valence-corrected chi connectivity index (χ2v) is 13.1. The van der Waals surface area contributed by atoms with E-state index in [-0.39, 0.29) is 5.91 Å². The molecule has 0 aromatic rings. The summed E-state index contributed by atoms with van der Waals surface area (Å²) in [6, 6.07) is 0. The fraction of sp³-hybridized carbons (Fsp3) is 0.756. The number of nitrogens with zero attached hydrogens (tertiary/aromatic N) is 2. The van der Waals surface area contributed by atoms with Gasteiger partial charge >= 0.3 is 0 Å². The Kier molecular flexibility index (Phi) is 35.0. The molecule has 0 bridgehead atoms. The van der Waals surface area contributed by atoms with Crippen molar-refractivity contribution in [2.45, 2.75) is 181 Å². The van der Waals surface area contributed by atoms with Gasteiger partial charge in [-0.1, -0.05) is 140 Å². The molecule has 45 heavy (non-hydrogen) atoms. The van der Waals surface area contributed by atoms with E-state index in [9.17, 15) is 4.79 Å². The smallest absolute Gasteiger partial charge is 0.241 e. The quantitative estimate of drug-likeness (QED) is 0.0341. The predicted octanol–water partition coefficient (Wildman–Crippen LogP) is 12.4. The van der Waals surface area contributed by atoms with Gasteiger partial charge in [-0.3, -0.25) is 4.79 Å². The van der Waals surface area contributed by atoms with Crippen molar-refractivity contribution in [1.29, 1.82) is 0 Å². The van der Waals surface area contributed by atoms with Gasteiger partial charge in [0.25, 0.3) is 0 Å². The number of carbonyl (C=O) groups excluding carboxylic acids is 1. The number of hydrogen-bond acceptors (Lipinski definition) is 3. The van der Waals surface area contributed by atoms with Crippen molar-refractivity contribution in [3.8, 4) is 0 Å². The molecule has 0 heterocycles. The van der Waals surface area contributed by atoms with Crippen LogP contribution in [0.1, 0.15) is 181 Å². The Labute approximate surface area is 281 Å². The Morgan fingerprint density at radius 1 is 0.511 bits per heavy atom. The third kappa shape index (κ3) is 36.4. The van der Waals surface area contributed by atoms with E-state index in [4.69, 9.17) is 0 Å². The molecule has 0 rings (SSSR count). The number of allylic oxidation sites excluding steroid dienone is 8. The molecule has 0 fully saturated rings. The summed E-state index contributed by atoms with van der Waals surface area (Å²) in [6.07, 6.45) is 50.2. The van der Waals surface area contributed by atoms with Crippen LogP contribution >= 0.6 is 0 Å². The lowest BCUT2D eigenvalue weighted by Gasteiger charge is -2.10. The lowest BCUT2D eigenvalue weighted by molar-refractivity contribution is -0.121. The first kappa shape index (κ1) is 43.1. The summed E-state index contributed by atoms with van der Waals surface area (Å²) in [6.45, 7) is 5.26. The highest BCUT2D eigenvalue weighted by atomic mass is 16.2. The summed E-state index contributed by atoms with van der Waals surface area (Å²) in [4.78, 5) is 14.3. The van der Waals surface area contributed by atoms with Gasteiger partial charge in [0, 0.05) is 18.7 Å². The minimum absolute atomic E-state index is 0.0276. The van der Waals surface area contributed by atoms with Crippen molar-refractivity contribution in [2.75, 3.05) is 20.6 Å². The molecule has 1 N–H and O–H groups in total. The summed E-state index contributed by atoms with van der Waals surface area (Å²) in [7, 11) is 4.00. The van der Waals surface area contributed by atoms with Gasteiger partial charge in [-0.05, 0) is 97.6 Å². The van der Waals surface area contributed by atoms with E-state index in [1.807, 2.05) is 19.0 Å². The van der Waals surface area contributed by atoms with Gasteiger partial charge in [0.05, 0.1) is 0 Å². The van der Waals surface area contributed by atoms with Crippen LogP contribution in [0.2, 0.25) is 0 Å². The third-order valence-electron chi connectivity index (χ3n) is 8.21. The van der Waals surface area contributed by atoms with Crippen LogP contribution in [0, 0.1) is 0 Å². The Hall–Kier alpha value is -1.94. The van der Waals surface area contributed by atoms with E-state index in [2.05, 4.69) is 73.0 Å². The van der Waals surface area contributed by atoms with E-state index in [1.54, 1.807) is 0 Å². The molecule has 0 unspecified atom stereocenters. The number of hydrogen-bond donors (Lipinski definition) is 1. The van der Waals surface area contributed by atoms with Gasteiger partial charge in [0.2, 0.25) is 5.91 Å². The van der Waals surface area contributed by atoms with E-state index >= 15 is 0 Å². The second-order valence-electron chi connectivity index (χ2n) is 13.1. The first-order chi connectivity index (χ1) is 22.1. The molecule has 0 spiro atoms. The molecule has 4 heteroatoms. The molecule has 0 aromatic heterocycles. The average molecular weight is 626 g/mol. The summed E-state index contributed by atoms with van der Waals surface area (Å²) < 4.78 is 0. The lowest BCUT2D eigenvalue weighted by atomic mass is 10.0. The zero-order chi connectivity index (χ0) is 32.9. The predicted molar refractivity (Wildman–Crippen MR) is 202 cm³/mol. The lowest BCUT2D eigenvalue weighted by Crippen LogP contribution is -2.24. The normalized spacial score (nSPS) is 12.7. The molecule has 0 saturated carbocycles. The molecular formula is C41H75N3O. The zero-order valence-corrected chi connectivity index (χ0v) is 30.5. The molecule has 0 radical (unpaired) electrons. The van der Waals surface area contributed by atoms with Crippen molar-refractivity contribution < 1.29 is 4.79 Å². The molecule has 0 aliphatic heterocycles.